The zero-order valence-electron chi connectivity index (χ0n) is 27.7. The highest BCUT2D eigenvalue weighted by atomic mass is 15.2. The second kappa shape index (κ2) is 11.7. The van der Waals surface area contributed by atoms with E-state index >= 15 is 0 Å². The van der Waals surface area contributed by atoms with Crippen LogP contribution in [0, 0.1) is 0 Å². The fraction of sp³-hybridized carbons (Fsp3) is 0.0435. The summed E-state index contributed by atoms with van der Waals surface area (Å²) in [4.78, 5) is 7.40. The van der Waals surface area contributed by atoms with Crippen LogP contribution >= 0.6 is 0 Å². The van der Waals surface area contributed by atoms with Gasteiger partial charge in [0.05, 0.1) is 0 Å². The Kier molecular flexibility index (Phi) is 6.73. The van der Waals surface area contributed by atoms with E-state index in [9.17, 15) is 0 Å². The molecule has 0 radical (unpaired) electrons. The Morgan fingerprint density at radius 2 is 1.08 bits per heavy atom. The summed E-state index contributed by atoms with van der Waals surface area (Å²) in [5, 5.41) is 2.50. The summed E-state index contributed by atoms with van der Waals surface area (Å²) in [6.45, 7) is 0.0901. The third-order valence-electron chi connectivity index (χ3n) is 10.4. The molecule has 0 saturated heterocycles. The molecule has 0 unspecified atom stereocenters. The van der Waals surface area contributed by atoms with Crippen molar-refractivity contribution < 1.29 is 0 Å². The molecule has 3 nitrogen and oxygen atoms in total. The van der Waals surface area contributed by atoms with Crippen LogP contribution in [0.25, 0.3) is 10.8 Å². The number of anilines is 8. The summed E-state index contributed by atoms with van der Waals surface area (Å²) in [5.41, 5.74) is 14.8. The smallest absolute Gasteiger partial charge is 0.252 e. The first-order valence-corrected chi connectivity index (χ1v) is 17.5. The fourth-order valence-corrected chi connectivity index (χ4v) is 8.29. The molecule has 2 aliphatic heterocycles. The van der Waals surface area contributed by atoms with Gasteiger partial charge in [0.2, 0.25) is 0 Å². The lowest BCUT2D eigenvalue weighted by atomic mass is 9.33. The molecule has 0 spiro atoms. The van der Waals surface area contributed by atoms with E-state index in [-0.39, 0.29) is 6.71 Å². The largest absolute Gasteiger partial charge is 0.314 e. The van der Waals surface area contributed by atoms with Crippen molar-refractivity contribution in [2.24, 2.45) is 0 Å². The molecule has 0 saturated carbocycles. The van der Waals surface area contributed by atoms with Gasteiger partial charge < -0.3 is 14.7 Å². The van der Waals surface area contributed by atoms with E-state index in [1.54, 1.807) is 0 Å². The van der Waals surface area contributed by atoms with Gasteiger partial charge in [-0.3, -0.25) is 0 Å². The molecule has 0 bridgehead atoms. The van der Waals surface area contributed by atoms with E-state index in [0.29, 0.717) is 0 Å². The van der Waals surface area contributed by atoms with E-state index in [4.69, 9.17) is 0 Å². The molecule has 7 aromatic carbocycles. The number of hydrogen-bond acceptors (Lipinski definition) is 3. The first-order valence-electron chi connectivity index (χ1n) is 17.5. The topological polar surface area (TPSA) is 9.72 Å². The highest BCUT2D eigenvalue weighted by Gasteiger charge is 2.43. The third kappa shape index (κ3) is 4.53. The van der Waals surface area contributed by atoms with E-state index in [0.717, 1.165) is 24.2 Å². The Morgan fingerprint density at radius 3 is 1.82 bits per heavy atom. The average Bonchev–Trinajstić information content (AvgIpc) is 3.19. The number of hydrogen-bond donors (Lipinski definition) is 0. The van der Waals surface area contributed by atoms with E-state index in [1.165, 1.54) is 67.0 Å². The van der Waals surface area contributed by atoms with Crippen LogP contribution in [0.5, 0.6) is 0 Å². The van der Waals surface area contributed by atoms with Gasteiger partial charge in [-0.25, -0.2) is 0 Å². The average molecular weight is 640 g/mol. The number of nitrogens with zero attached hydrogens (tertiary/aromatic N) is 3. The molecule has 0 N–H and O–H groups in total. The molecule has 3 aliphatic rings. The predicted molar refractivity (Wildman–Crippen MR) is 213 cm³/mol. The fourth-order valence-electron chi connectivity index (χ4n) is 8.29. The maximum Gasteiger partial charge on any atom is 0.252 e. The lowest BCUT2D eigenvalue weighted by molar-refractivity contribution is 0.918. The standard InChI is InChI=1S/C46H34BN3/c1-4-17-35(18-5-1)48(38-28-27-33-15-10-11-16-34(33)31-38)39-29-30-41-45(32-39)50(37-21-8-3-9-22-37)44-26-14-25-43-46(44)47(41)40-23-12-13-24-42(40)49(43)36-19-6-2-7-20-36/h1-4,6-17,19-32H,5,18H2. The van der Waals surface area contributed by atoms with Gasteiger partial charge in [-0.1, -0.05) is 109 Å². The predicted octanol–water partition coefficient (Wildman–Crippen LogP) is 10.3. The summed E-state index contributed by atoms with van der Waals surface area (Å²) in [7, 11) is 0. The van der Waals surface area contributed by atoms with Crippen LogP contribution < -0.4 is 31.1 Å². The van der Waals surface area contributed by atoms with Gasteiger partial charge >= 0.3 is 0 Å². The molecule has 2 heterocycles. The Morgan fingerprint density at radius 1 is 0.480 bits per heavy atom. The highest BCUT2D eigenvalue weighted by Crippen LogP contribution is 2.45. The van der Waals surface area contributed by atoms with Gasteiger partial charge in [-0.15, -0.1) is 0 Å². The molecule has 1 aliphatic carbocycles. The molecule has 10 rings (SSSR count). The van der Waals surface area contributed by atoms with Crippen molar-refractivity contribution in [1.29, 1.82) is 0 Å². The monoisotopic (exact) mass is 639 g/mol. The molecular formula is C46H34BN3. The zero-order valence-corrected chi connectivity index (χ0v) is 27.7. The van der Waals surface area contributed by atoms with Crippen LogP contribution in [0.1, 0.15) is 12.8 Å². The van der Waals surface area contributed by atoms with E-state index in [1.807, 2.05) is 0 Å². The van der Waals surface area contributed by atoms with Gasteiger partial charge in [0, 0.05) is 51.2 Å². The van der Waals surface area contributed by atoms with Crippen molar-refractivity contribution in [3.8, 4) is 0 Å². The minimum atomic E-state index is 0.0901. The number of fused-ring (bicyclic) bond motifs is 5. The van der Waals surface area contributed by atoms with Crippen LogP contribution in [-0.4, -0.2) is 6.71 Å². The molecule has 0 aromatic heterocycles. The van der Waals surface area contributed by atoms with Crippen molar-refractivity contribution >= 4 is 79.4 Å². The van der Waals surface area contributed by atoms with Crippen LogP contribution in [-0.2, 0) is 0 Å². The Balaban J connectivity index is 1.22. The van der Waals surface area contributed by atoms with Gasteiger partial charge in [0.25, 0.3) is 6.71 Å². The van der Waals surface area contributed by atoms with Gasteiger partial charge in [0.1, 0.15) is 0 Å². The summed E-state index contributed by atoms with van der Waals surface area (Å²) >= 11 is 0. The molecule has 0 amide bonds. The third-order valence-corrected chi connectivity index (χ3v) is 10.4. The lowest BCUT2D eigenvalue weighted by Crippen LogP contribution is -2.61. The Labute approximate surface area is 293 Å². The highest BCUT2D eigenvalue weighted by molar-refractivity contribution is 7.00. The van der Waals surface area contributed by atoms with E-state index in [2.05, 4.69) is 197 Å². The molecule has 0 fully saturated rings. The van der Waals surface area contributed by atoms with Crippen LogP contribution in [0.4, 0.5) is 45.5 Å². The number of rotatable bonds is 5. The second-order valence-electron chi connectivity index (χ2n) is 13.3. The van der Waals surface area contributed by atoms with Crippen molar-refractivity contribution in [2.75, 3.05) is 14.7 Å². The molecule has 0 atom stereocenters. The normalized spacial score (nSPS) is 14.2. The molecule has 7 aromatic rings. The van der Waals surface area contributed by atoms with E-state index < -0.39 is 0 Å². The Hall–Kier alpha value is -6.26. The first kappa shape index (κ1) is 28.7. The quantitative estimate of drug-likeness (QED) is 0.174. The molecule has 236 valence electrons. The minimum absolute atomic E-state index is 0.0901. The van der Waals surface area contributed by atoms with Gasteiger partial charge in [-0.2, -0.15) is 0 Å². The molecular weight excluding hydrogens is 605 g/mol. The zero-order chi connectivity index (χ0) is 33.0. The Bertz CT molecular complexity index is 2470. The molecule has 4 heteroatoms. The number of allylic oxidation sites excluding steroid dienone is 4. The van der Waals surface area contributed by atoms with Crippen LogP contribution in [0.3, 0.4) is 0 Å². The summed E-state index contributed by atoms with van der Waals surface area (Å²) in [6, 6.07) is 60.1. The van der Waals surface area contributed by atoms with Crippen molar-refractivity contribution in [3.05, 3.63) is 188 Å². The van der Waals surface area contributed by atoms with Crippen molar-refractivity contribution in [3.63, 3.8) is 0 Å². The maximum absolute atomic E-state index is 2.49. The summed E-state index contributed by atoms with van der Waals surface area (Å²) < 4.78 is 0. The second-order valence-corrected chi connectivity index (χ2v) is 13.3. The number of para-hydroxylation sites is 3. The van der Waals surface area contributed by atoms with Crippen molar-refractivity contribution in [2.45, 2.75) is 12.8 Å². The summed E-state index contributed by atoms with van der Waals surface area (Å²) in [6.07, 6.45) is 8.77. The maximum atomic E-state index is 2.49. The van der Waals surface area contributed by atoms with Gasteiger partial charge in [0.15, 0.2) is 0 Å². The van der Waals surface area contributed by atoms with Crippen LogP contribution in [0.15, 0.2) is 188 Å². The number of benzene rings is 7. The van der Waals surface area contributed by atoms with Crippen molar-refractivity contribution in [1.82, 2.24) is 0 Å². The van der Waals surface area contributed by atoms with Gasteiger partial charge in [-0.05, 0) is 113 Å². The lowest BCUT2D eigenvalue weighted by Gasteiger charge is -2.44. The SMILES string of the molecule is C1=CCCC(N(c2ccc3c(c2)N(c2ccccc2)c2cccc4c2B3c2ccccc2N4c2ccccc2)c2ccc3ccccc3c2)=C1. The minimum Gasteiger partial charge on any atom is -0.314 e. The summed E-state index contributed by atoms with van der Waals surface area (Å²) in [5.74, 6) is 0. The first-order chi connectivity index (χ1) is 24.8. The van der Waals surface area contributed by atoms with Crippen LogP contribution in [0.2, 0.25) is 0 Å². The molecule has 50 heavy (non-hydrogen) atoms.